The van der Waals surface area contributed by atoms with Crippen LogP contribution in [0.1, 0.15) is 44.7 Å². The lowest BCUT2D eigenvalue weighted by Crippen LogP contribution is -2.42. The van der Waals surface area contributed by atoms with E-state index in [9.17, 15) is 14.4 Å². The van der Waals surface area contributed by atoms with Gasteiger partial charge in [0.05, 0.1) is 42.9 Å². The van der Waals surface area contributed by atoms with Crippen LogP contribution in [-0.2, 0) is 28.6 Å². The molecule has 1 aromatic rings. The van der Waals surface area contributed by atoms with E-state index < -0.39 is 17.8 Å². The molecule has 1 aromatic carbocycles. The van der Waals surface area contributed by atoms with Crippen LogP contribution in [0.3, 0.4) is 0 Å². The number of halogens is 1. The Morgan fingerprint density at radius 3 is 2.55 bits per heavy atom. The predicted molar refractivity (Wildman–Crippen MR) is 140 cm³/mol. The summed E-state index contributed by atoms with van der Waals surface area (Å²) in [6.07, 6.45) is 1.14. The largest absolute Gasteiger partial charge is 0.466 e. The summed E-state index contributed by atoms with van der Waals surface area (Å²) in [5, 5.41) is 2.38. The van der Waals surface area contributed by atoms with E-state index in [1.54, 1.807) is 41.8 Å². The number of carbonyl (C=O) groups excluding carboxylic acids is 3. The normalized spacial score (nSPS) is 19.6. The molecule has 1 unspecified atom stereocenters. The third-order valence-corrected chi connectivity index (χ3v) is 7.63. The molecule has 204 valence electrons. The van der Waals surface area contributed by atoms with Crippen LogP contribution < -0.4 is 0 Å². The summed E-state index contributed by atoms with van der Waals surface area (Å²) in [5.74, 6) is -1.62. The number of methoxy groups -OCH3 is 1. The van der Waals surface area contributed by atoms with Gasteiger partial charge in [-0.05, 0) is 38.2 Å². The number of allylic oxidation sites excluding steroid dienone is 1. The Balaban J connectivity index is 1.55. The van der Waals surface area contributed by atoms with E-state index in [1.165, 1.54) is 24.9 Å². The number of aliphatic imine (C=N–C) groups is 1. The van der Waals surface area contributed by atoms with Crippen LogP contribution in [0.4, 0.5) is 4.39 Å². The molecule has 3 heterocycles. The lowest BCUT2D eigenvalue weighted by atomic mass is 9.93. The minimum atomic E-state index is -0.845. The molecule has 0 saturated carbocycles. The van der Waals surface area contributed by atoms with Crippen LogP contribution in [0.25, 0.3) is 0 Å². The number of esters is 2. The molecule has 9 nitrogen and oxygen atoms in total. The highest BCUT2D eigenvalue weighted by Gasteiger charge is 2.42. The molecule has 0 aromatic heterocycles. The molecule has 11 heteroatoms. The molecular weight excluding hydrogens is 513 g/mol. The van der Waals surface area contributed by atoms with Crippen molar-refractivity contribution in [2.75, 3.05) is 40.0 Å². The number of nitrogens with zero attached hydrogens (tertiary/aromatic N) is 3. The average Bonchev–Trinajstić information content (AvgIpc) is 3.30. The van der Waals surface area contributed by atoms with Gasteiger partial charge in [-0.25, -0.2) is 14.2 Å². The van der Waals surface area contributed by atoms with Crippen molar-refractivity contribution < 1.29 is 33.0 Å². The molecule has 1 saturated heterocycles. The second kappa shape index (κ2) is 12.6. The van der Waals surface area contributed by atoms with E-state index in [0.717, 1.165) is 0 Å². The van der Waals surface area contributed by atoms with Gasteiger partial charge in [0.1, 0.15) is 12.4 Å². The molecular formula is C27H32FN3O6S. The molecule has 3 aliphatic heterocycles. The Hall–Kier alpha value is -3.18. The summed E-state index contributed by atoms with van der Waals surface area (Å²) in [7, 11) is 1.51. The number of thioether (sulfide) groups is 1. The van der Waals surface area contributed by atoms with Crippen LogP contribution >= 0.6 is 11.8 Å². The summed E-state index contributed by atoms with van der Waals surface area (Å²) >= 11 is 1.33. The standard InChI is InChI=1S/C27H32FN3O6S/c1-4-36-25(33)18-9-11-30(12-10-18)22(32)15-19-16-38-27-29-17(2)23(26(34)37-14-13-35-3)24(31(19)27)20-7-5-6-8-21(20)28/h5-8,16,18,24H,4,9-15H2,1-3H3. The number of amides is 1. The van der Waals surface area contributed by atoms with Gasteiger partial charge in [0.25, 0.3) is 0 Å². The summed E-state index contributed by atoms with van der Waals surface area (Å²) in [4.78, 5) is 46.6. The third-order valence-electron chi connectivity index (χ3n) is 6.74. The number of hydrogen-bond acceptors (Lipinski definition) is 9. The zero-order valence-electron chi connectivity index (χ0n) is 21.8. The molecule has 4 rings (SSSR count). The Labute approximate surface area is 225 Å². The predicted octanol–water partition coefficient (Wildman–Crippen LogP) is 3.78. The SMILES string of the molecule is CCOC(=O)C1CCN(C(=O)CC2=CSC3=NC(C)=C(C(=O)OCCOC)C(c4ccccc4F)N23)CC1. The first kappa shape index (κ1) is 27.8. The lowest BCUT2D eigenvalue weighted by molar-refractivity contribution is -0.151. The number of amidine groups is 1. The van der Waals surface area contributed by atoms with Gasteiger partial charge in [-0.15, -0.1) is 0 Å². The van der Waals surface area contributed by atoms with Gasteiger partial charge in [0, 0.05) is 31.5 Å². The van der Waals surface area contributed by atoms with E-state index in [-0.39, 0.29) is 48.6 Å². The first-order chi connectivity index (χ1) is 18.3. The highest BCUT2D eigenvalue weighted by Crippen LogP contribution is 2.45. The first-order valence-electron chi connectivity index (χ1n) is 12.6. The smallest absolute Gasteiger partial charge is 0.338 e. The molecule has 38 heavy (non-hydrogen) atoms. The van der Waals surface area contributed by atoms with Gasteiger partial charge in [0.15, 0.2) is 5.17 Å². The van der Waals surface area contributed by atoms with E-state index in [2.05, 4.69) is 4.99 Å². The van der Waals surface area contributed by atoms with Crippen LogP contribution in [0.5, 0.6) is 0 Å². The van der Waals surface area contributed by atoms with E-state index in [0.29, 0.717) is 49.1 Å². The van der Waals surface area contributed by atoms with Crippen LogP contribution in [0, 0.1) is 11.7 Å². The fraction of sp³-hybridized carbons (Fsp3) is 0.481. The second-order valence-electron chi connectivity index (χ2n) is 9.13. The van der Waals surface area contributed by atoms with E-state index in [4.69, 9.17) is 14.2 Å². The number of fused-ring (bicyclic) bond motifs is 1. The van der Waals surface area contributed by atoms with Crippen molar-refractivity contribution >= 4 is 34.8 Å². The van der Waals surface area contributed by atoms with Crippen molar-refractivity contribution in [3.8, 4) is 0 Å². The zero-order valence-corrected chi connectivity index (χ0v) is 22.6. The van der Waals surface area contributed by atoms with Crippen molar-refractivity contribution in [3.63, 3.8) is 0 Å². The topological polar surface area (TPSA) is 97.7 Å². The maximum Gasteiger partial charge on any atom is 0.338 e. The van der Waals surface area contributed by atoms with Crippen molar-refractivity contribution in [1.29, 1.82) is 0 Å². The third kappa shape index (κ3) is 5.94. The fourth-order valence-corrected chi connectivity index (χ4v) is 5.77. The molecule has 0 bridgehead atoms. The number of piperidine rings is 1. The number of carbonyl (C=O) groups is 3. The van der Waals surface area contributed by atoms with Crippen molar-refractivity contribution in [2.45, 2.75) is 39.2 Å². The van der Waals surface area contributed by atoms with Gasteiger partial charge in [0.2, 0.25) is 5.91 Å². The van der Waals surface area contributed by atoms with Crippen molar-refractivity contribution in [1.82, 2.24) is 9.80 Å². The highest BCUT2D eigenvalue weighted by molar-refractivity contribution is 8.16. The van der Waals surface area contributed by atoms with Gasteiger partial charge in [-0.2, -0.15) is 0 Å². The summed E-state index contributed by atoms with van der Waals surface area (Å²) < 4.78 is 30.7. The molecule has 0 spiro atoms. The van der Waals surface area contributed by atoms with Crippen LogP contribution in [0.15, 0.2) is 51.6 Å². The number of ether oxygens (including phenoxy) is 3. The monoisotopic (exact) mass is 545 g/mol. The number of likely N-dealkylation sites (tertiary alicyclic amines) is 1. The molecule has 0 radical (unpaired) electrons. The number of hydrogen-bond donors (Lipinski definition) is 0. The van der Waals surface area contributed by atoms with Crippen LogP contribution in [0.2, 0.25) is 0 Å². The summed E-state index contributed by atoms with van der Waals surface area (Å²) in [6.45, 7) is 4.99. The fourth-order valence-electron chi connectivity index (χ4n) is 4.81. The van der Waals surface area contributed by atoms with E-state index in [1.807, 2.05) is 5.41 Å². The Kier molecular flexibility index (Phi) is 9.22. The minimum absolute atomic E-state index is 0.0460. The summed E-state index contributed by atoms with van der Waals surface area (Å²) in [5.41, 5.74) is 1.55. The maximum absolute atomic E-state index is 15.1. The second-order valence-corrected chi connectivity index (χ2v) is 9.96. The molecule has 1 fully saturated rings. The van der Waals surface area contributed by atoms with Crippen molar-refractivity contribution in [3.05, 3.63) is 58.0 Å². The van der Waals surface area contributed by atoms with Gasteiger partial charge >= 0.3 is 11.9 Å². The minimum Gasteiger partial charge on any atom is -0.466 e. The highest BCUT2D eigenvalue weighted by atomic mass is 32.2. The Morgan fingerprint density at radius 2 is 1.87 bits per heavy atom. The van der Waals surface area contributed by atoms with Gasteiger partial charge in [-0.1, -0.05) is 30.0 Å². The van der Waals surface area contributed by atoms with E-state index >= 15 is 4.39 Å². The number of rotatable bonds is 9. The molecule has 1 atom stereocenters. The molecule has 1 amide bonds. The molecule has 3 aliphatic rings. The molecule has 0 N–H and O–H groups in total. The van der Waals surface area contributed by atoms with Crippen molar-refractivity contribution in [2.24, 2.45) is 10.9 Å². The maximum atomic E-state index is 15.1. The summed E-state index contributed by atoms with van der Waals surface area (Å²) in [6, 6.07) is 5.42. The van der Waals surface area contributed by atoms with Gasteiger partial charge < -0.3 is 24.0 Å². The average molecular weight is 546 g/mol. The lowest BCUT2D eigenvalue weighted by Gasteiger charge is -2.37. The first-order valence-corrected chi connectivity index (χ1v) is 13.5. The van der Waals surface area contributed by atoms with Crippen LogP contribution in [-0.4, -0.2) is 72.8 Å². The van der Waals surface area contributed by atoms with Gasteiger partial charge in [-0.3, -0.25) is 9.59 Å². The molecule has 0 aliphatic carbocycles. The zero-order chi connectivity index (χ0) is 27.2. The Morgan fingerprint density at radius 1 is 1.13 bits per heavy atom. The number of benzene rings is 1. The Bertz CT molecular complexity index is 1180. The quantitative estimate of drug-likeness (QED) is 0.342.